The minimum Gasteiger partial charge on any atom is -0.0993 e. The molecule has 0 spiro atoms. The quantitative estimate of drug-likeness (QED) is 0.125. The molecule has 0 amide bonds. The van der Waals surface area contributed by atoms with Crippen LogP contribution in [0.25, 0.3) is 11.1 Å². The second-order valence-corrected chi connectivity index (χ2v) is 30.3. The number of hydrogen-bond acceptors (Lipinski definition) is 0. The number of hydrogen-bond donors (Lipinski definition) is 0. The van der Waals surface area contributed by atoms with E-state index in [1.807, 2.05) is 0 Å². The third kappa shape index (κ3) is 8.76. The molecule has 0 N–H and O–H groups in total. The lowest BCUT2D eigenvalue weighted by atomic mass is 9.35. The van der Waals surface area contributed by atoms with Gasteiger partial charge in [0.1, 0.15) is 0 Å². The van der Waals surface area contributed by atoms with Gasteiger partial charge in [-0.05, 0) is 300 Å². The van der Waals surface area contributed by atoms with Gasteiger partial charge in [-0.15, -0.1) is 0 Å². The van der Waals surface area contributed by atoms with Crippen molar-refractivity contribution in [3.63, 3.8) is 0 Å². The average molecular weight is 1030 g/mol. The van der Waals surface area contributed by atoms with Crippen LogP contribution in [0.3, 0.4) is 0 Å². The summed E-state index contributed by atoms with van der Waals surface area (Å²) in [5.41, 5.74) is 32.3. The average Bonchev–Trinajstić information content (AvgIpc) is 3.68. The van der Waals surface area contributed by atoms with E-state index in [2.05, 4.69) is 249 Å². The minimum atomic E-state index is -0.348. The molecule has 2 unspecified atom stereocenters. The molecule has 3 aromatic rings. The third-order valence-corrected chi connectivity index (χ3v) is 26.3. The maximum atomic E-state index is 5.60. The van der Waals surface area contributed by atoms with Crippen LogP contribution in [0, 0.1) is 159 Å². The summed E-state index contributed by atoms with van der Waals surface area (Å²) < 4.78 is 0. The van der Waals surface area contributed by atoms with E-state index in [4.69, 9.17) is 13.2 Å². The van der Waals surface area contributed by atoms with Gasteiger partial charge in [-0.3, -0.25) is 0 Å². The summed E-state index contributed by atoms with van der Waals surface area (Å²) >= 11 is 0. The molecule has 0 heterocycles. The van der Waals surface area contributed by atoms with E-state index in [1.54, 1.807) is 5.57 Å². The van der Waals surface area contributed by atoms with Gasteiger partial charge in [0.25, 0.3) is 0 Å². The van der Waals surface area contributed by atoms with Crippen LogP contribution in [0.15, 0.2) is 35.5 Å². The summed E-state index contributed by atoms with van der Waals surface area (Å²) in [6, 6.07) is 0. The maximum Gasteiger partial charge on any atom is 0.0132 e. The zero-order valence-corrected chi connectivity index (χ0v) is 57.2. The Labute approximate surface area is 473 Å². The summed E-state index contributed by atoms with van der Waals surface area (Å²) in [5, 5.41) is 0. The predicted octanol–water partition coefficient (Wildman–Crippen LogP) is 23.5. The minimum absolute atomic E-state index is 0.00335. The van der Waals surface area contributed by atoms with Crippen molar-refractivity contribution in [2.24, 2.45) is 54.7 Å². The summed E-state index contributed by atoms with van der Waals surface area (Å²) in [6.45, 7) is 101. The number of benzene rings is 3. The Morgan fingerprint density at radius 1 is 0.421 bits per heavy atom. The van der Waals surface area contributed by atoms with Gasteiger partial charge in [-0.1, -0.05) is 164 Å². The van der Waals surface area contributed by atoms with Crippen molar-refractivity contribution >= 4 is 11.1 Å². The molecule has 0 aromatic heterocycles. The molecule has 0 bridgehead atoms. The predicted molar refractivity (Wildman–Crippen MR) is 344 cm³/mol. The molecule has 0 aliphatic heterocycles. The Bertz CT molecular complexity index is 2790. The smallest absolute Gasteiger partial charge is 0.0132 e. The summed E-state index contributed by atoms with van der Waals surface area (Å²) in [6.07, 6.45) is 3.10. The van der Waals surface area contributed by atoms with Crippen molar-refractivity contribution in [1.82, 2.24) is 0 Å². The van der Waals surface area contributed by atoms with Gasteiger partial charge < -0.3 is 0 Å². The van der Waals surface area contributed by atoms with Crippen LogP contribution in [0.4, 0.5) is 0 Å². The molecular weight excluding hydrogens is 913 g/mol. The Balaban J connectivity index is 2.69. The largest absolute Gasteiger partial charge is 0.0993 e. The molecule has 1 aliphatic rings. The molecule has 3 aromatic carbocycles. The fourth-order valence-corrected chi connectivity index (χ4v) is 16.9. The highest BCUT2D eigenvalue weighted by molar-refractivity contribution is 6.09. The SMILES string of the molecule is C=C(C1=C(C(C)(C(C)(C)C)C(C)(C)C)C(C(C)(C)C(C)(C)[C@@](C)(CC)C(C)(C)[C@@](C)(CC)C(C)(C)C(=C)CC)C(c2c(C)c(C)c(C)c(C)c2C)=C1c1c(C)c(C)c(C)c(C)c1C)C(C)c1c(C)c(C)c(C)c(C)c1C. The van der Waals surface area contributed by atoms with Crippen LogP contribution in [-0.4, -0.2) is 0 Å². The van der Waals surface area contributed by atoms with Gasteiger partial charge in [-0.2, -0.15) is 0 Å². The summed E-state index contributed by atoms with van der Waals surface area (Å²) in [4.78, 5) is 0. The van der Waals surface area contributed by atoms with Crippen molar-refractivity contribution in [1.29, 1.82) is 0 Å². The van der Waals surface area contributed by atoms with E-state index >= 15 is 0 Å². The van der Waals surface area contributed by atoms with Crippen molar-refractivity contribution < 1.29 is 0 Å². The van der Waals surface area contributed by atoms with Crippen molar-refractivity contribution in [2.75, 3.05) is 0 Å². The normalized spacial score (nSPS) is 17.7. The fourth-order valence-electron chi connectivity index (χ4n) is 16.9. The van der Waals surface area contributed by atoms with Crippen LogP contribution in [-0.2, 0) is 0 Å². The van der Waals surface area contributed by atoms with E-state index in [0.29, 0.717) is 0 Å². The molecule has 0 radical (unpaired) electrons. The molecule has 76 heavy (non-hydrogen) atoms. The van der Waals surface area contributed by atoms with Gasteiger partial charge in [0.05, 0.1) is 0 Å². The van der Waals surface area contributed by atoms with Crippen LogP contribution in [0.5, 0.6) is 0 Å². The zero-order valence-electron chi connectivity index (χ0n) is 57.2. The molecule has 1 aliphatic carbocycles. The monoisotopic (exact) mass is 1030 g/mol. The molecule has 0 saturated carbocycles. The molecule has 0 fully saturated rings. The summed E-state index contributed by atoms with van der Waals surface area (Å²) in [5.74, 6) is 0.0469. The summed E-state index contributed by atoms with van der Waals surface area (Å²) in [7, 11) is 0. The van der Waals surface area contributed by atoms with Crippen molar-refractivity contribution in [3.8, 4) is 0 Å². The van der Waals surface area contributed by atoms with E-state index < -0.39 is 0 Å². The Hall–Kier alpha value is -3.38. The second-order valence-electron chi connectivity index (χ2n) is 30.3. The van der Waals surface area contributed by atoms with Gasteiger partial charge in [0, 0.05) is 11.8 Å². The van der Waals surface area contributed by atoms with E-state index in [-0.39, 0.29) is 60.6 Å². The van der Waals surface area contributed by atoms with Crippen molar-refractivity contribution in [3.05, 3.63) is 136 Å². The van der Waals surface area contributed by atoms with Gasteiger partial charge in [0.2, 0.25) is 0 Å². The molecule has 0 saturated heterocycles. The van der Waals surface area contributed by atoms with E-state index in [1.165, 1.54) is 128 Å². The van der Waals surface area contributed by atoms with E-state index in [0.717, 1.165) is 19.3 Å². The highest BCUT2D eigenvalue weighted by atomic mass is 14.7. The van der Waals surface area contributed by atoms with Crippen molar-refractivity contribution in [2.45, 2.75) is 274 Å². The van der Waals surface area contributed by atoms with Crippen LogP contribution < -0.4 is 0 Å². The molecule has 424 valence electrons. The highest BCUT2D eigenvalue weighted by Crippen LogP contribution is 2.76. The van der Waals surface area contributed by atoms with Gasteiger partial charge >= 0.3 is 0 Å². The van der Waals surface area contributed by atoms with Gasteiger partial charge in [0.15, 0.2) is 0 Å². The second kappa shape index (κ2) is 20.6. The first-order valence-electron chi connectivity index (χ1n) is 30.2. The Morgan fingerprint density at radius 2 is 0.737 bits per heavy atom. The van der Waals surface area contributed by atoms with E-state index in [9.17, 15) is 0 Å². The number of allylic oxidation sites excluding steroid dienone is 6. The Kier molecular flexibility index (Phi) is 17.7. The lowest BCUT2D eigenvalue weighted by molar-refractivity contribution is -0.191. The van der Waals surface area contributed by atoms with Gasteiger partial charge in [-0.25, -0.2) is 0 Å². The Morgan fingerprint density at radius 3 is 1.05 bits per heavy atom. The maximum absolute atomic E-state index is 5.60. The molecule has 4 atom stereocenters. The molecule has 0 nitrogen and oxygen atoms in total. The molecular formula is C76H120. The first-order valence-corrected chi connectivity index (χ1v) is 30.2. The lowest BCUT2D eigenvalue weighted by Gasteiger charge is -2.69. The lowest BCUT2D eigenvalue weighted by Crippen LogP contribution is -2.63. The van der Waals surface area contributed by atoms with Crippen LogP contribution in [0.2, 0.25) is 0 Å². The standard InChI is InChI=1S/C76H120/c1-39-42(4)70(28,29)74(36,40-2)73(34,35)75(37,41-3)72(32,33)71(30,31)66-65(62-56(18)50(12)45(7)51(13)57(62)19)64(61-54(16)48(10)44(6)49(11)55(61)17)63(67(66)76(38,68(22,23)24)69(25,26)27)59(21)58(20)60-52(14)46(8)43(5)47(9)53(60)15/h58,66H,4,21,39-41H2,1-3,5-20,22-38H3/t58?,66?,74-,75+/m0/s1. The molecule has 0 heteroatoms. The number of rotatable bonds is 16. The van der Waals surface area contributed by atoms with Crippen LogP contribution >= 0.6 is 0 Å². The fraction of sp³-hybridized carbons (Fsp3) is 0.658. The van der Waals surface area contributed by atoms with Crippen LogP contribution in [0.1, 0.15) is 271 Å². The first-order chi connectivity index (χ1) is 34.1. The zero-order chi connectivity index (χ0) is 59.6. The molecule has 4 rings (SSSR count). The highest BCUT2D eigenvalue weighted by Gasteiger charge is 2.68. The third-order valence-electron chi connectivity index (χ3n) is 26.3. The first kappa shape index (κ1) is 65.1. The topological polar surface area (TPSA) is 0 Å².